The molecule has 0 aliphatic rings. The van der Waals surface area contributed by atoms with Crippen molar-refractivity contribution in [3.8, 4) is 0 Å². The van der Waals surface area contributed by atoms with Gasteiger partial charge in [0.05, 0.1) is 3.58 Å². The van der Waals surface area contributed by atoms with Gasteiger partial charge in [0, 0.05) is 16.8 Å². The van der Waals surface area contributed by atoms with Gasteiger partial charge in [0.1, 0.15) is 0 Å². The average molecular weight is 458 g/mol. The summed E-state index contributed by atoms with van der Waals surface area (Å²) in [6.45, 7) is 5.25. The fourth-order valence-corrected chi connectivity index (χ4v) is 2.61. The van der Waals surface area contributed by atoms with Crippen LogP contribution in [0.2, 0.25) is 0 Å². The van der Waals surface area contributed by atoms with E-state index < -0.39 is 0 Å². The van der Waals surface area contributed by atoms with Crippen LogP contribution in [0.15, 0.2) is 33.9 Å². The highest BCUT2D eigenvalue weighted by molar-refractivity contribution is 14.1. The van der Waals surface area contributed by atoms with Gasteiger partial charge in [0.15, 0.2) is 6.29 Å². The molecule has 1 aromatic carbocycles. The molecule has 0 amide bonds. The van der Waals surface area contributed by atoms with Crippen molar-refractivity contribution in [2.45, 2.75) is 20.1 Å². The molecule has 2 nitrogen and oxygen atoms in total. The average Bonchev–Trinajstić information content (AvgIpc) is 2.38. The van der Waals surface area contributed by atoms with Gasteiger partial charge in [-0.2, -0.15) is 0 Å². The SMILES string of the molecule is CCOC(OCC)/C(I)=C(/I)c1ccccc1. The summed E-state index contributed by atoms with van der Waals surface area (Å²) >= 11 is 4.64. The zero-order valence-electron chi connectivity index (χ0n) is 9.95. The molecule has 0 fully saturated rings. The minimum atomic E-state index is -0.252. The van der Waals surface area contributed by atoms with Gasteiger partial charge in [-0.25, -0.2) is 0 Å². The molecule has 0 spiro atoms. The Morgan fingerprint density at radius 1 is 1.06 bits per heavy atom. The third-order valence-corrected chi connectivity index (χ3v) is 5.36. The fraction of sp³-hybridized carbons (Fsp3) is 0.385. The highest BCUT2D eigenvalue weighted by atomic mass is 127. The van der Waals surface area contributed by atoms with Crippen LogP contribution in [-0.2, 0) is 9.47 Å². The molecule has 1 aromatic rings. The van der Waals surface area contributed by atoms with Crippen molar-refractivity contribution < 1.29 is 9.47 Å². The van der Waals surface area contributed by atoms with Gasteiger partial charge in [0.2, 0.25) is 0 Å². The van der Waals surface area contributed by atoms with Crippen LogP contribution in [0.3, 0.4) is 0 Å². The summed E-state index contributed by atoms with van der Waals surface area (Å²) in [6.07, 6.45) is -0.252. The van der Waals surface area contributed by atoms with E-state index in [9.17, 15) is 0 Å². The molecule has 0 radical (unpaired) electrons. The lowest BCUT2D eigenvalue weighted by Crippen LogP contribution is -2.17. The summed E-state index contributed by atoms with van der Waals surface area (Å²) in [5, 5.41) is 0. The second kappa shape index (κ2) is 8.44. The number of ether oxygens (including phenoxy) is 2. The maximum absolute atomic E-state index is 5.59. The lowest BCUT2D eigenvalue weighted by Gasteiger charge is -2.18. The molecule has 0 bridgehead atoms. The van der Waals surface area contributed by atoms with Crippen molar-refractivity contribution in [3.05, 3.63) is 39.5 Å². The highest BCUT2D eigenvalue weighted by Crippen LogP contribution is 2.32. The Kier molecular flexibility index (Phi) is 7.65. The minimum absolute atomic E-state index is 0.252. The fourth-order valence-electron chi connectivity index (χ4n) is 1.32. The van der Waals surface area contributed by atoms with Crippen LogP contribution >= 0.6 is 45.2 Å². The van der Waals surface area contributed by atoms with E-state index in [1.165, 1.54) is 9.14 Å². The van der Waals surface area contributed by atoms with Crippen molar-refractivity contribution in [2.24, 2.45) is 0 Å². The zero-order valence-corrected chi connectivity index (χ0v) is 14.3. The van der Waals surface area contributed by atoms with E-state index in [4.69, 9.17) is 9.47 Å². The number of hydrogen-bond acceptors (Lipinski definition) is 2. The third kappa shape index (κ3) is 4.84. The molecule has 0 saturated carbocycles. The first-order chi connectivity index (χ1) is 8.20. The van der Waals surface area contributed by atoms with Crippen molar-refractivity contribution in [1.29, 1.82) is 0 Å². The Morgan fingerprint density at radius 2 is 1.59 bits per heavy atom. The summed E-state index contributed by atoms with van der Waals surface area (Å²) in [7, 11) is 0. The van der Waals surface area contributed by atoms with Crippen LogP contribution in [0.4, 0.5) is 0 Å². The Morgan fingerprint density at radius 3 is 2.06 bits per heavy atom. The predicted molar refractivity (Wildman–Crippen MR) is 88.4 cm³/mol. The lowest BCUT2D eigenvalue weighted by atomic mass is 10.2. The molecule has 1 rings (SSSR count). The van der Waals surface area contributed by atoms with E-state index in [-0.39, 0.29) is 6.29 Å². The normalized spacial score (nSPS) is 12.8. The summed E-state index contributed by atoms with van der Waals surface area (Å²) < 4.78 is 13.5. The number of benzene rings is 1. The topological polar surface area (TPSA) is 18.5 Å². The van der Waals surface area contributed by atoms with E-state index in [1.54, 1.807) is 0 Å². The van der Waals surface area contributed by atoms with E-state index in [0.717, 1.165) is 3.58 Å². The monoisotopic (exact) mass is 458 g/mol. The molecular weight excluding hydrogens is 442 g/mol. The summed E-state index contributed by atoms with van der Waals surface area (Å²) in [4.78, 5) is 0. The van der Waals surface area contributed by atoms with Crippen molar-refractivity contribution in [2.75, 3.05) is 13.2 Å². The maximum atomic E-state index is 5.59. The van der Waals surface area contributed by atoms with Crippen molar-refractivity contribution >= 4 is 48.8 Å². The molecule has 0 aliphatic heterocycles. The molecule has 0 unspecified atom stereocenters. The largest absolute Gasteiger partial charge is 0.348 e. The Hall–Kier alpha value is 0.340. The zero-order chi connectivity index (χ0) is 12.7. The highest BCUT2D eigenvalue weighted by Gasteiger charge is 2.16. The molecule has 0 saturated heterocycles. The maximum Gasteiger partial charge on any atom is 0.190 e. The van der Waals surface area contributed by atoms with E-state index in [2.05, 4.69) is 57.3 Å². The van der Waals surface area contributed by atoms with Gasteiger partial charge in [-0.3, -0.25) is 0 Å². The standard InChI is InChI=1S/C13H16I2O2/c1-3-16-13(17-4-2)12(15)11(14)10-8-6-5-7-9-10/h5-9,13H,3-4H2,1-2H3/b12-11-. The molecule has 94 valence electrons. The smallest absolute Gasteiger partial charge is 0.190 e. The quantitative estimate of drug-likeness (QED) is 0.458. The van der Waals surface area contributed by atoms with Crippen LogP contribution < -0.4 is 0 Å². The molecule has 0 heterocycles. The van der Waals surface area contributed by atoms with Crippen molar-refractivity contribution in [1.82, 2.24) is 0 Å². The lowest BCUT2D eigenvalue weighted by molar-refractivity contribution is -0.104. The van der Waals surface area contributed by atoms with Crippen molar-refractivity contribution in [3.63, 3.8) is 0 Å². The summed E-state index contributed by atoms with van der Waals surface area (Å²) in [6, 6.07) is 10.3. The van der Waals surface area contributed by atoms with Gasteiger partial charge in [-0.1, -0.05) is 30.3 Å². The van der Waals surface area contributed by atoms with Crippen LogP contribution in [0, 0.1) is 0 Å². The van der Waals surface area contributed by atoms with Crippen LogP contribution in [0.25, 0.3) is 3.58 Å². The second-order valence-electron chi connectivity index (χ2n) is 3.27. The molecule has 0 aliphatic carbocycles. The number of halogens is 2. The van der Waals surface area contributed by atoms with Gasteiger partial charge in [-0.05, 0) is 64.6 Å². The van der Waals surface area contributed by atoms with Gasteiger partial charge in [0.25, 0.3) is 0 Å². The molecular formula is C13H16I2O2. The van der Waals surface area contributed by atoms with E-state index in [0.29, 0.717) is 13.2 Å². The molecule has 0 atom stereocenters. The Bertz CT molecular complexity index is 357. The predicted octanol–water partition coefficient (Wildman–Crippen LogP) is 4.62. The van der Waals surface area contributed by atoms with Gasteiger partial charge >= 0.3 is 0 Å². The van der Waals surface area contributed by atoms with Crippen LogP contribution in [0.5, 0.6) is 0 Å². The van der Waals surface area contributed by atoms with E-state index >= 15 is 0 Å². The Balaban J connectivity index is 2.93. The van der Waals surface area contributed by atoms with Gasteiger partial charge < -0.3 is 9.47 Å². The van der Waals surface area contributed by atoms with E-state index in [1.807, 2.05) is 32.0 Å². The third-order valence-electron chi connectivity index (χ3n) is 2.08. The van der Waals surface area contributed by atoms with Crippen LogP contribution in [0.1, 0.15) is 19.4 Å². The molecule has 4 heteroatoms. The first-order valence-corrected chi connectivity index (χ1v) is 7.70. The second-order valence-corrected chi connectivity index (χ2v) is 5.51. The molecule has 0 aromatic heterocycles. The number of hydrogen-bond donors (Lipinski definition) is 0. The van der Waals surface area contributed by atoms with Crippen LogP contribution in [-0.4, -0.2) is 19.5 Å². The first-order valence-electron chi connectivity index (χ1n) is 5.54. The first kappa shape index (κ1) is 15.4. The molecule has 17 heavy (non-hydrogen) atoms. The minimum Gasteiger partial charge on any atom is -0.348 e. The summed E-state index contributed by atoms with van der Waals surface area (Å²) in [5.41, 5.74) is 1.20. The molecule has 0 N–H and O–H groups in total. The number of rotatable bonds is 6. The summed E-state index contributed by atoms with van der Waals surface area (Å²) in [5.74, 6) is 0. The Labute approximate surface area is 130 Å². The van der Waals surface area contributed by atoms with Gasteiger partial charge in [-0.15, -0.1) is 0 Å².